The Kier molecular flexibility index (Phi) is 4.61. The first kappa shape index (κ1) is 19.1. The van der Waals surface area contributed by atoms with Crippen LogP contribution in [0.5, 0.6) is 0 Å². The second kappa shape index (κ2) is 6.50. The molecule has 1 aliphatic heterocycles. The number of amides is 1. The number of carboxylic acids is 1. The van der Waals surface area contributed by atoms with Gasteiger partial charge in [0.15, 0.2) is 5.65 Å². The van der Waals surface area contributed by atoms with Crippen LogP contribution in [0.3, 0.4) is 0 Å². The number of carboxylic acid groups (broad SMARTS) is 1. The van der Waals surface area contributed by atoms with Crippen molar-refractivity contribution in [2.75, 3.05) is 13.1 Å². The maximum absolute atomic E-state index is 13.2. The highest BCUT2D eigenvalue weighted by Gasteiger charge is 2.53. The van der Waals surface area contributed by atoms with Crippen LogP contribution in [0, 0.1) is 18.8 Å². The second-order valence-corrected chi connectivity index (χ2v) is 7.02. The van der Waals surface area contributed by atoms with Crippen molar-refractivity contribution in [1.29, 1.82) is 0 Å². The van der Waals surface area contributed by atoms with Gasteiger partial charge in [-0.1, -0.05) is 0 Å². The van der Waals surface area contributed by atoms with Crippen LogP contribution in [0.4, 0.5) is 13.2 Å². The van der Waals surface area contributed by atoms with Crippen LogP contribution in [0.1, 0.15) is 35.9 Å². The van der Waals surface area contributed by atoms with Gasteiger partial charge in [-0.3, -0.25) is 9.59 Å². The predicted molar refractivity (Wildman–Crippen MR) is 89.2 cm³/mol. The van der Waals surface area contributed by atoms with Crippen molar-refractivity contribution >= 4 is 22.9 Å². The van der Waals surface area contributed by atoms with E-state index in [2.05, 4.69) is 10.1 Å². The van der Waals surface area contributed by atoms with E-state index in [-0.39, 0.29) is 11.6 Å². The first-order valence-electron chi connectivity index (χ1n) is 8.44. The number of rotatable bonds is 3. The minimum atomic E-state index is -4.69. The number of nitrogens with zero attached hydrogens (tertiary/aromatic N) is 4. The van der Waals surface area contributed by atoms with E-state index < -0.39 is 43.0 Å². The maximum Gasteiger partial charge on any atom is 0.394 e. The van der Waals surface area contributed by atoms with Crippen molar-refractivity contribution in [3.05, 3.63) is 23.5 Å². The van der Waals surface area contributed by atoms with Gasteiger partial charge in [-0.25, -0.2) is 9.67 Å². The smallest absolute Gasteiger partial charge is 0.394 e. The molecule has 0 radical (unpaired) electrons. The topological polar surface area (TPSA) is 88.3 Å². The summed E-state index contributed by atoms with van der Waals surface area (Å²) in [5, 5.41) is 13.9. The molecular formula is C17H19F3N4O3. The Labute approximate surface area is 152 Å². The first-order chi connectivity index (χ1) is 12.5. The van der Waals surface area contributed by atoms with Crippen molar-refractivity contribution in [1.82, 2.24) is 19.7 Å². The van der Waals surface area contributed by atoms with Gasteiger partial charge < -0.3 is 10.0 Å². The molecule has 7 nitrogen and oxygen atoms in total. The van der Waals surface area contributed by atoms with Gasteiger partial charge in [-0.05, 0) is 26.8 Å². The molecule has 0 aromatic carbocycles. The summed E-state index contributed by atoms with van der Waals surface area (Å²) in [6.07, 6.45) is -3.14. The van der Waals surface area contributed by atoms with Crippen molar-refractivity contribution in [3.63, 3.8) is 0 Å². The average molecular weight is 384 g/mol. The minimum Gasteiger partial charge on any atom is -0.481 e. The monoisotopic (exact) mass is 384 g/mol. The SMILES string of the molecule is Cc1nc2c(cnn2C(C)C)cc1C(=O)N1C[C@@H](C(F)(F)F)[C@H](C(=O)O)C1. The van der Waals surface area contributed by atoms with Gasteiger partial charge >= 0.3 is 12.1 Å². The van der Waals surface area contributed by atoms with Crippen molar-refractivity contribution in [3.8, 4) is 0 Å². The Bertz CT molecular complexity index is 907. The summed E-state index contributed by atoms with van der Waals surface area (Å²) in [5.74, 6) is -5.97. The number of likely N-dealkylation sites (tertiary alicyclic amines) is 1. The summed E-state index contributed by atoms with van der Waals surface area (Å²) >= 11 is 0. The van der Waals surface area contributed by atoms with Gasteiger partial charge in [-0.15, -0.1) is 0 Å². The third-order valence-corrected chi connectivity index (χ3v) is 4.82. The van der Waals surface area contributed by atoms with Crippen molar-refractivity contribution < 1.29 is 27.9 Å². The van der Waals surface area contributed by atoms with Gasteiger partial charge in [0.1, 0.15) is 0 Å². The van der Waals surface area contributed by atoms with E-state index in [0.29, 0.717) is 16.7 Å². The van der Waals surface area contributed by atoms with Gasteiger partial charge in [0.25, 0.3) is 5.91 Å². The zero-order chi connectivity index (χ0) is 20.1. The zero-order valence-corrected chi connectivity index (χ0v) is 15.0. The number of aryl methyl sites for hydroxylation is 1. The highest BCUT2D eigenvalue weighted by Crippen LogP contribution is 2.38. The normalized spacial score (nSPS) is 20.6. The fourth-order valence-electron chi connectivity index (χ4n) is 3.38. The lowest BCUT2D eigenvalue weighted by Gasteiger charge is -2.19. The average Bonchev–Trinajstić information content (AvgIpc) is 3.17. The van der Waals surface area contributed by atoms with Gasteiger partial charge in [0, 0.05) is 24.5 Å². The minimum absolute atomic E-state index is 0.0541. The molecular weight excluding hydrogens is 365 g/mol. The Morgan fingerprint density at radius 2 is 1.96 bits per heavy atom. The van der Waals surface area contributed by atoms with E-state index >= 15 is 0 Å². The molecule has 1 saturated heterocycles. The number of hydrogen-bond donors (Lipinski definition) is 1. The number of aromatic nitrogens is 3. The molecule has 0 bridgehead atoms. The summed E-state index contributed by atoms with van der Waals surface area (Å²) in [5.41, 5.74) is 1.09. The summed E-state index contributed by atoms with van der Waals surface area (Å²) < 4.78 is 41.1. The van der Waals surface area contributed by atoms with Gasteiger partial charge in [0.05, 0.1) is 29.3 Å². The van der Waals surface area contributed by atoms with E-state index in [4.69, 9.17) is 5.11 Å². The summed E-state index contributed by atoms with van der Waals surface area (Å²) in [6, 6.07) is 1.60. The molecule has 3 heterocycles. The van der Waals surface area contributed by atoms with Gasteiger partial charge in [0.2, 0.25) is 0 Å². The predicted octanol–water partition coefficient (Wildman–Crippen LogP) is 2.66. The number of fused-ring (bicyclic) bond motifs is 1. The molecule has 1 fully saturated rings. The molecule has 10 heteroatoms. The molecule has 2 aromatic rings. The molecule has 0 aliphatic carbocycles. The summed E-state index contributed by atoms with van der Waals surface area (Å²) in [4.78, 5) is 29.3. The lowest BCUT2D eigenvalue weighted by Crippen LogP contribution is -2.34. The van der Waals surface area contributed by atoms with Crippen LogP contribution in [0.15, 0.2) is 12.3 Å². The second-order valence-electron chi connectivity index (χ2n) is 7.02. The molecule has 0 saturated carbocycles. The fraction of sp³-hybridized carbons (Fsp3) is 0.529. The molecule has 146 valence electrons. The Morgan fingerprint density at radius 3 is 2.48 bits per heavy atom. The van der Waals surface area contributed by atoms with E-state index in [1.54, 1.807) is 23.9 Å². The lowest BCUT2D eigenvalue weighted by molar-refractivity contribution is -0.187. The maximum atomic E-state index is 13.2. The Balaban J connectivity index is 1.94. The number of aliphatic carboxylic acids is 1. The number of alkyl halides is 3. The number of pyridine rings is 1. The molecule has 1 aliphatic rings. The molecule has 27 heavy (non-hydrogen) atoms. The van der Waals surface area contributed by atoms with Crippen LogP contribution in [-0.4, -0.2) is 55.9 Å². The number of carbonyl (C=O) groups excluding carboxylic acids is 1. The third kappa shape index (κ3) is 3.35. The molecule has 0 spiro atoms. The Hall–Kier alpha value is -2.65. The van der Waals surface area contributed by atoms with Crippen molar-refractivity contribution in [2.24, 2.45) is 11.8 Å². The lowest BCUT2D eigenvalue weighted by atomic mass is 9.96. The van der Waals surface area contributed by atoms with E-state index in [1.807, 2.05) is 13.8 Å². The van der Waals surface area contributed by atoms with Crippen molar-refractivity contribution in [2.45, 2.75) is 33.0 Å². The molecule has 1 N–H and O–H groups in total. The molecule has 2 aromatic heterocycles. The molecule has 1 amide bonds. The van der Waals surface area contributed by atoms with Crippen LogP contribution < -0.4 is 0 Å². The first-order valence-corrected chi connectivity index (χ1v) is 8.44. The molecule has 2 atom stereocenters. The standard InChI is InChI=1S/C17H19F3N4O3/c1-8(2)24-14-10(5-21-24)4-11(9(3)22-14)15(25)23-6-12(16(26)27)13(7-23)17(18,19)20/h4-5,8,12-13H,6-7H2,1-3H3,(H,26,27)/t12-,13-/m1/s1. The molecule has 3 rings (SSSR count). The highest BCUT2D eigenvalue weighted by molar-refractivity contribution is 5.98. The van der Waals surface area contributed by atoms with E-state index in [1.165, 1.54) is 0 Å². The fourth-order valence-corrected chi connectivity index (χ4v) is 3.38. The van der Waals surface area contributed by atoms with E-state index in [0.717, 1.165) is 4.90 Å². The van der Waals surface area contributed by atoms with Crippen LogP contribution in [0.2, 0.25) is 0 Å². The number of carbonyl (C=O) groups is 2. The number of halogens is 3. The summed E-state index contributed by atoms with van der Waals surface area (Å²) in [7, 11) is 0. The van der Waals surface area contributed by atoms with Crippen LogP contribution in [0.25, 0.3) is 11.0 Å². The van der Waals surface area contributed by atoms with Crippen LogP contribution in [-0.2, 0) is 4.79 Å². The third-order valence-electron chi connectivity index (χ3n) is 4.82. The largest absolute Gasteiger partial charge is 0.481 e. The van der Waals surface area contributed by atoms with E-state index in [9.17, 15) is 22.8 Å². The van der Waals surface area contributed by atoms with Crippen LogP contribution >= 0.6 is 0 Å². The quantitative estimate of drug-likeness (QED) is 0.879. The molecule has 0 unspecified atom stereocenters. The zero-order valence-electron chi connectivity index (χ0n) is 15.0. The Morgan fingerprint density at radius 1 is 1.30 bits per heavy atom. The van der Waals surface area contributed by atoms with Gasteiger partial charge in [-0.2, -0.15) is 18.3 Å². The highest BCUT2D eigenvalue weighted by atomic mass is 19.4. The number of hydrogen-bond acceptors (Lipinski definition) is 4. The summed E-state index contributed by atoms with van der Waals surface area (Å²) in [6.45, 7) is 4.28.